The number of methoxy groups -OCH3 is 2. The number of hydrogen-bond donors (Lipinski definition) is 2. The van der Waals surface area contributed by atoms with E-state index in [0.717, 1.165) is 4.31 Å². The number of benzene rings is 4. The first-order chi connectivity index (χ1) is 19.9. The summed E-state index contributed by atoms with van der Waals surface area (Å²) in [6.45, 7) is -0.644. The van der Waals surface area contributed by atoms with Gasteiger partial charge in [0.05, 0.1) is 40.4 Å². The Morgan fingerprint density at radius 2 is 1.50 bits per heavy atom. The molecule has 0 saturated heterocycles. The second-order valence-electron chi connectivity index (χ2n) is 8.66. The molecular weight excluding hydrogens is 625 g/mol. The van der Waals surface area contributed by atoms with Crippen molar-refractivity contribution < 1.29 is 31.1 Å². The maximum atomic E-state index is 13.5. The van der Waals surface area contributed by atoms with Crippen LogP contribution in [0.4, 0.5) is 17.1 Å². The topological polar surface area (TPSA) is 131 Å². The lowest BCUT2D eigenvalue weighted by atomic mass is 10.3. The predicted molar refractivity (Wildman–Crippen MR) is 163 cm³/mol. The van der Waals surface area contributed by atoms with Crippen LogP contribution in [0.1, 0.15) is 0 Å². The minimum atomic E-state index is -4.22. The Balaban J connectivity index is 1.55. The number of amides is 1. The smallest absolute Gasteiger partial charge is 0.264 e. The highest BCUT2D eigenvalue weighted by molar-refractivity contribution is 7.93. The average molecular weight is 651 g/mol. The molecule has 14 heteroatoms. The van der Waals surface area contributed by atoms with Gasteiger partial charge in [-0.25, -0.2) is 16.8 Å². The van der Waals surface area contributed by atoms with Crippen molar-refractivity contribution in [3.8, 4) is 11.5 Å². The summed E-state index contributed by atoms with van der Waals surface area (Å²) in [5, 5.41) is 2.88. The summed E-state index contributed by atoms with van der Waals surface area (Å²) < 4.78 is 66.8. The number of hydrogen-bond acceptors (Lipinski definition) is 7. The number of ether oxygens (including phenoxy) is 2. The quantitative estimate of drug-likeness (QED) is 0.215. The summed E-state index contributed by atoms with van der Waals surface area (Å²) in [4.78, 5) is 12.9. The van der Waals surface area contributed by atoms with Crippen molar-refractivity contribution in [1.29, 1.82) is 0 Å². The average Bonchev–Trinajstić information content (AvgIpc) is 2.97. The van der Waals surface area contributed by atoms with E-state index in [4.69, 9.17) is 32.7 Å². The highest BCUT2D eigenvalue weighted by Gasteiger charge is 2.29. The molecule has 0 radical (unpaired) electrons. The Hall–Kier alpha value is -3.97. The highest BCUT2D eigenvalue weighted by atomic mass is 35.5. The second-order valence-corrected chi connectivity index (χ2v) is 13.1. The maximum absolute atomic E-state index is 13.5. The molecule has 0 fully saturated rings. The Morgan fingerprint density at radius 1 is 0.810 bits per heavy atom. The van der Waals surface area contributed by atoms with E-state index in [1.807, 2.05) is 0 Å². The predicted octanol–water partition coefficient (Wildman–Crippen LogP) is 5.65. The molecule has 0 aliphatic carbocycles. The van der Waals surface area contributed by atoms with Crippen molar-refractivity contribution in [2.45, 2.75) is 9.79 Å². The molecule has 220 valence electrons. The molecule has 4 aromatic rings. The minimum Gasteiger partial charge on any atom is -0.497 e. The molecule has 0 bridgehead atoms. The summed E-state index contributed by atoms with van der Waals surface area (Å²) in [5.74, 6) is 0.00687. The van der Waals surface area contributed by atoms with Gasteiger partial charge in [0.15, 0.2) is 0 Å². The van der Waals surface area contributed by atoms with Crippen LogP contribution in [0.15, 0.2) is 101 Å². The van der Waals surface area contributed by atoms with Gasteiger partial charge in [-0.1, -0.05) is 41.4 Å². The third kappa shape index (κ3) is 7.08. The van der Waals surface area contributed by atoms with Crippen molar-refractivity contribution in [3.05, 3.63) is 101 Å². The summed E-state index contributed by atoms with van der Waals surface area (Å²) in [5.41, 5.74) is 0.421. The maximum Gasteiger partial charge on any atom is 0.264 e. The van der Waals surface area contributed by atoms with Crippen LogP contribution in [0.3, 0.4) is 0 Å². The number of carbonyl (C=O) groups excluding carboxylic acids is 1. The van der Waals surface area contributed by atoms with E-state index >= 15 is 0 Å². The normalized spacial score (nSPS) is 11.4. The van der Waals surface area contributed by atoms with Gasteiger partial charge in [-0.15, -0.1) is 0 Å². The van der Waals surface area contributed by atoms with Crippen molar-refractivity contribution in [2.75, 3.05) is 35.1 Å². The Labute approximate surface area is 253 Å². The molecule has 0 heterocycles. The van der Waals surface area contributed by atoms with E-state index in [-0.39, 0.29) is 42.6 Å². The first-order valence-corrected chi connectivity index (χ1v) is 15.8. The summed E-state index contributed by atoms with van der Waals surface area (Å²) >= 11 is 12.4. The molecule has 4 rings (SSSR count). The number of nitrogens with zero attached hydrogens (tertiary/aromatic N) is 1. The molecule has 4 aromatic carbocycles. The van der Waals surface area contributed by atoms with E-state index in [1.165, 1.54) is 74.9 Å². The Morgan fingerprint density at radius 3 is 2.14 bits per heavy atom. The van der Waals surface area contributed by atoms with Crippen molar-refractivity contribution in [1.82, 2.24) is 0 Å². The zero-order valence-corrected chi connectivity index (χ0v) is 25.4. The molecule has 0 spiro atoms. The SMILES string of the molecule is COc1ccc(OC)c(NS(=O)(=O)c2ccc(NC(=O)CN(c3cc(Cl)ccc3Cl)S(=O)(=O)c3ccccc3)cc2)c1. The van der Waals surface area contributed by atoms with Crippen LogP contribution in [0.25, 0.3) is 0 Å². The molecule has 0 unspecified atom stereocenters. The van der Waals surface area contributed by atoms with Gasteiger partial charge in [0, 0.05) is 16.8 Å². The largest absolute Gasteiger partial charge is 0.497 e. The molecule has 1 amide bonds. The van der Waals surface area contributed by atoms with Gasteiger partial charge in [-0.3, -0.25) is 13.8 Å². The van der Waals surface area contributed by atoms with Crippen LogP contribution < -0.4 is 23.8 Å². The number of halogens is 2. The van der Waals surface area contributed by atoms with E-state index in [2.05, 4.69) is 10.0 Å². The number of anilines is 3. The molecule has 0 atom stereocenters. The third-order valence-corrected chi connectivity index (χ3v) is 9.60. The van der Waals surface area contributed by atoms with Crippen molar-refractivity contribution in [2.24, 2.45) is 0 Å². The lowest BCUT2D eigenvalue weighted by Crippen LogP contribution is -2.38. The highest BCUT2D eigenvalue weighted by Crippen LogP contribution is 2.33. The molecular formula is C28H25Cl2N3O7S2. The zero-order valence-electron chi connectivity index (χ0n) is 22.2. The second kappa shape index (κ2) is 12.9. The van der Waals surface area contributed by atoms with Crippen molar-refractivity contribution in [3.63, 3.8) is 0 Å². The van der Waals surface area contributed by atoms with Crippen molar-refractivity contribution >= 4 is 66.2 Å². The monoisotopic (exact) mass is 649 g/mol. The number of sulfonamides is 2. The fourth-order valence-electron chi connectivity index (χ4n) is 3.84. The van der Waals surface area contributed by atoms with Crippen LogP contribution in [-0.4, -0.2) is 43.5 Å². The lowest BCUT2D eigenvalue weighted by molar-refractivity contribution is -0.114. The molecule has 0 saturated carbocycles. The molecule has 0 aliphatic heterocycles. The molecule has 42 heavy (non-hydrogen) atoms. The van der Waals surface area contributed by atoms with Crippen LogP contribution in [0, 0.1) is 0 Å². The number of carbonyl (C=O) groups is 1. The van der Waals surface area contributed by atoms with Crippen LogP contribution in [0.2, 0.25) is 10.0 Å². The zero-order chi connectivity index (χ0) is 30.5. The van der Waals surface area contributed by atoms with Gasteiger partial charge in [-0.2, -0.15) is 0 Å². The molecule has 0 aliphatic rings. The van der Waals surface area contributed by atoms with Gasteiger partial charge < -0.3 is 14.8 Å². The van der Waals surface area contributed by atoms with Crippen LogP contribution in [0.5, 0.6) is 11.5 Å². The number of rotatable bonds is 11. The minimum absolute atomic E-state index is 0.0173. The molecule has 10 nitrogen and oxygen atoms in total. The first kappa shape index (κ1) is 31.0. The van der Waals surface area contributed by atoms with E-state index in [0.29, 0.717) is 5.75 Å². The summed E-state index contributed by atoms with van der Waals surface area (Å²) in [6.07, 6.45) is 0. The first-order valence-electron chi connectivity index (χ1n) is 12.1. The fourth-order valence-corrected chi connectivity index (χ4v) is 6.79. The molecule has 2 N–H and O–H groups in total. The lowest BCUT2D eigenvalue weighted by Gasteiger charge is -2.25. The fraction of sp³-hybridized carbons (Fsp3) is 0.107. The van der Waals surface area contributed by atoms with Gasteiger partial charge >= 0.3 is 0 Å². The Kier molecular flexibility index (Phi) is 9.52. The number of nitrogens with one attached hydrogen (secondary N) is 2. The summed E-state index contributed by atoms with van der Waals surface area (Å²) in [6, 6.07) is 21.8. The van der Waals surface area contributed by atoms with Crippen LogP contribution in [-0.2, 0) is 24.8 Å². The molecule has 0 aromatic heterocycles. The standard InChI is InChI=1S/C28H25Cl2N3O7S2/c1-39-21-11-15-27(40-2)25(17-21)32-41(35,36)22-12-9-20(10-13-22)31-28(34)18-33(26-16-19(29)8-14-24(26)30)42(37,38)23-6-4-3-5-7-23/h3-17,32H,18H2,1-2H3,(H,31,34). The summed E-state index contributed by atoms with van der Waals surface area (Å²) in [7, 11) is -5.41. The van der Waals surface area contributed by atoms with Gasteiger partial charge in [0.2, 0.25) is 5.91 Å². The van der Waals surface area contributed by atoms with E-state index in [9.17, 15) is 21.6 Å². The van der Waals surface area contributed by atoms with Gasteiger partial charge in [-0.05, 0) is 66.7 Å². The van der Waals surface area contributed by atoms with Gasteiger partial charge in [0.1, 0.15) is 18.0 Å². The van der Waals surface area contributed by atoms with Gasteiger partial charge in [0.25, 0.3) is 20.0 Å². The van der Waals surface area contributed by atoms with E-state index in [1.54, 1.807) is 30.3 Å². The Bertz CT molecular complexity index is 1800. The third-order valence-electron chi connectivity index (χ3n) is 5.89. The van der Waals surface area contributed by atoms with Crippen LogP contribution >= 0.6 is 23.2 Å². The van der Waals surface area contributed by atoms with E-state index < -0.39 is 32.5 Å².